The molecule has 1 atom stereocenters. The number of fused-ring (bicyclic) bond motifs is 2. The number of hydrogen-bond acceptors (Lipinski definition) is 5. The van der Waals surface area contributed by atoms with Crippen molar-refractivity contribution in [1.82, 2.24) is 9.88 Å². The minimum atomic E-state index is -0.523. The van der Waals surface area contributed by atoms with Gasteiger partial charge < -0.3 is 0 Å². The summed E-state index contributed by atoms with van der Waals surface area (Å²) in [5, 5.41) is 1.42. The average molecular weight is 386 g/mol. The third-order valence-corrected chi connectivity index (χ3v) is 6.07. The molecular weight excluding hydrogens is 370 g/mol. The van der Waals surface area contributed by atoms with Gasteiger partial charge in [0, 0.05) is 5.02 Å². The predicted molar refractivity (Wildman–Crippen MR) is 104 cm³/mol. The molecule has 5 nitrogen and oxygen atoms in total. The first-order valence-electron chi connectivity index (χ1n) is 8.17. The second-order valence-electron chi connectivity index (χ2n) is 6.32. The van der Waals surface area contributed by atoms with Crippen molar-refractivity contribution < 1.29 is 9.59 Å². The Labute approximate surface area is 159 Å². The summed E-state index contributed by atoms with van der Waals surface area (Å²) >= 11 is 7.60. The number of aromatic nitrogens is 1. The Kier molecular flexibility index (Phi) is 4.26. The van der Waals surface area contributed by atoms with Gasteiger partial charge in [-0.15, -0.1) is 11.3 Å². The largest absolute Gasteiger partial charge is 0.300 e. The van der Waals surface area contributed by atoms with Crippen molar-refractivity contribution in [2.75, 3.05) is 18.6 Å². The van der Waals surface area contributed by atoms with Gasteiger partial charge in [-0.2, -0.15) is 0 Å². The van der Waals surface area contributed by atoms with Gasteiger partial charge in [-0.1, -0.05) is 23.7 Å². The van der Waals surface area contributed by atoms with Crippen LogP contribution in [0.15, 0.2) is 42.5 Å². The van der Waals surface area contributed by atoms with Crippen molar-refractivity contribution in [2.24, 2.45) is 0 Å². The summed E-state index contributed by atoms with van der Waals surface area (Å²) < 4.78 is 1.13. The van der Waals surface area contributed by atoms with Gasteiger partial charge in [-0.25, -0.2) is 4.98 Å². The number of thiazole rings is 1. The first-order chi connectivity index (χ1) is 12.5. The van der Waals surface area contributed by atoms with Crippen LogP contribution in [0.1, 0.15) is 28.3 Å². The first-order valence-corrected chi connectivity index (χ1v) is 9.36. The molecule has 26 heavy (non-hydrogen) atoms. The molecule has 0 fully saturated rings. The zero-order chi connectivity index (χ0) is 18.4. The Morgan fingerprint density at radius 2 is 2.00 bits per heavy atom. The number of amides is 1. The number of para-hydroxylation sites is 1. The summed E-state index contributed by atoms with van der Waals surface area (Å²) in [6.45, 7) is 2.35. The Bertz CT molecular complexity index is 1000. The van der Waals surface area contributed by atoms with Crippen LogP contribution < -0.4 is 4.90 Å². The van der Waals surface area contributed by atoms with Crippen molar-refractivity contribution in [3.63, 3.8) is 0 Å². The Balaban J connectivity index is 1.59. The molecule has 7 heteroatoms. The van der Waals surface area contributed by atoms with Crippen LogP contribution in [-0.4, -0.2) is 35.3 Å². The molecule has 132 valence electrons. The highest BCUT2D eigenvalue weighted by Crippen LogP contribution is 2.33. The lowest BCUT2D eigenvalue weighted by atomic mass is 10.1. The average Bonchev–Trinajstić information content (AvgIpc) is 3.16. The minimum absolute atomic E-state index is 0.00616. The van der Waals surface area contributed by atoms with E-state index < -0.39 is 11.7 Å². The molecule has 0 radical (unpaired) electrons. The van der Waals surface area contributed by atoms with E-state index in [0.717, 1.165) is 15.2 Å². The summed E-state index contributed by atoms with van der Waals surface area (Å²) in [7, 11) is 1.92. The van der Waals surface area contributed by atoms with E-state index in [2.05, 4.69) is 4.98 Å². The van der Waals surface area contributed by atoms with Crippen molar-refractivity contribution in [1.29, 1.82) is 0 Å². The molecule has 1 aliphatic rings. The number of ketones is 1. The van der Waals surface area contributed by atoms with Crippen LogP contribution in [0.5, 0.6) is 0 Å². The van der Waals surface area contributed by atoms with Crippen molar-refractivity contribution in [3.05, 3.63) is 58.1 Å². The van der Waals surface area contributed by atoms with Gasteiger partial charge in [-0.05, 0) is 44.3 Å². The monoisotopic (exact) mass is 385 g/mol. The first kappa shape index (κ1) is 17.1. The van der Waals surface area contributed by atoms with E-state index >= 15 is 0 Å². The second kappa shape index (κ2) is 6.46. The highest BCUT2D eigenvalue weighted by Gasteiger charge is 2.37. The molecule has 4 rings (SSSR count). The lowest BCUT2D eigenvalue weighted by Crippen LogP contribution is -2.40. The highest BCUT2D eigenvalue weighted by atomic mass is 35.5. The molecule has 0 aliphatic carbocycles. The zero-order valence-electron chi connectivity index (χ0n) is 14.3. The number of hydrogen-bond donors (Lipinski definition) is 0. The fraction of sp³-hybridized carbons (Fsp3) is 0.211. The second-order valence-corrected chi connectivity index (χ2v) is 7.82. The summed E-state index contributed by atoms with van der Waals surface area (Å²) in [5.74, 6) is -1.03. The van der Waals surface area contributed by atoms with E-state index in [0.29, 0.717) is 22.9 Å². The Hall–Kier alpha value is -2.28. The zero-order valence-corrected chi connectivity index (χ0v) is 15.8. The van der Waals surface area contributed by atoms with E-state index in [1.165, 1.54) is 4.90 Å². The molecule has 0 bridgehead atoms. The number of halogens is 1. The van der Waals surface area contributed by atoms with Crippen LogP contribution in [-0.2, 0) is 4.79 Å². The number of nitrogens with zero attached hydrogens (tertiary/aromatic N) is 3. The normalized spacial score (nSPS) is 15.2. The third kappa shape index (κ3) is 2.80. The summed E-state index contributed by atoms with van der Waals surface area (Å²) in [4.78, 5) is 32.8. The maximum atomic E-state index is 12.4. The summed E-state index contributed by atoms with van der Waals surface area (Å²) in [6.07, 6.45) is 0. The Morgan fingerprint density at radius 3 is 2.77 bits per heavy atom. The van der Waals surface area contributed by atoms with Gasteiger partial charge >= 0.3 is 5.91 Å². The standard InChI is InChI=1S/C19H16ClN3O2S/c1-11(18-21-14-5-3-4-6-16(14)26-18)22(2)10-23-15-8-7-12(20)9-13(15)17(24)19(23)25/h3-9,11H,10H2,1-2H3/t11-/m0/s1. The van der Waals surface area contributed by atoms with Crippen LogP contribution in [0, 0.1) is 0 Å². The van der Waals surface area contributed by atoms with E-state index in [9.17, 15) is 9.59 Å². The molecule has 2 aromatic carbocycles. The van der Waals surface area contributed by atoms with Crippen LogP contribution in [0.3, 0.4) is 0 Å². The van der Waals surface area contributed by atoms with E-state index in [-0.39, 0.29) is 6.04 Å². The van der Waals surface area contributed by atoms with E-state index in [4.69, 9.17) is 11.6 Å². The van der Waals surface area contributed by atoms with Crippen molar-refractivity contribution in [3.8, 4) is 0 Å². The van der Waals surface area contributed by atoms with Crippen LogP contribution in [0.4, 0.5) is 5.69 Å². The van der Waals surface area contributed by atoms with E-state index in [1.54, 1.807) is 29.5 Å². The van der Waals surface area contributed by atoms with Crippen molar-refractivity contribution in [2.45, 2.75) is 13.0 Å². The van der Waals surface area contributed by atoms with Gasteiger partial charge in [0.1, 0.15) is 5.01 Å². The smallest absolute Gasteiger partial charge is 0.291 e. The topological polar surface area (TPSA) is 53.5 Å². The molecule has 0 saturated carbocycles. The molecule has 1 amide bonds. The molecule has 0 unspecified atom stereocenters. The van der Waals surface area contributed by atoms with Gasteiger partial charge in [0.15, 0.2) is 0 Å². The van der Waals surface area contributed by atoms with Gasteiger partial charge in [0.05, 0.1) is 34.2 Å². The lowest BCUT2D eigenvalue weighted by molar-refractivity contribution is -0.114. The predicted octanol–water partition coefficient (Wildman–Crippen LogP) is 4.13. The Morgan fingerprint density at radius 1 is 1.23 bits per heavy atom. The number of benzene rings is 2. The minimum Gasteiger partial charge on any atom is -0.291 e. The SMILES string of the molecule is C[C@@H](c1nc2ccccc2s1)N(C)CN1C(=O)C(=O)c2cc(Cl)ccc21. The fourth-order valence-corrected chi connectivity index (χ4v) is 4.27. The molecule has 0 spiro atoms. The summed E-state index contributed by atoms with van der Waals surface area (Å²) in [6, 6.07) is 13.0. The number of anilines is 1. The molecule has 0 saturated heterocycles. The van der Waals surface area contributed by atoms with Crippen LogP contribution in [0.25, 0.3) is 10.2 Å². The van der Waals surface area contributed by atoms with Crippen molar-refractivity contribution >= 4 is 50.5 Å². The molecule has 0 N–H and O–H groups in total. The van der Waals surface area contributed by atoms with E-state index in [1.807, 2.05) is 43.1 Å². The third-order valence-electron chi connectivity index (χ3n) is 4.63. The molecular formula is C19H16ClN3O2S. The van der Waals surface area contributed by atoms with Crippen LogP contribution in [0.2, 0.25) is 5.02 Å². The number of Topliss-reactive ketones (excluding diaryl/α,β-unsaturated/α-hetero) is 1. The van der Waals surface area contributed by atoms with Gasteiger partial charge in [-0.3, -0.25) is 19.4 Å². The maximum Gasteiger partial charge on any atom is 0.300 e. The molecule has 2 heterocycles. The lowest BCUT2D eigenvalue weighted by Gasteiger charge is -2.28. The fourth-order valence-electron chi connectivity index (χ4n) is 3.02. The van der Waals surface area contributed by atoms with Crippen LogP contribution >= 0.6 is 22.9 Å². The number of rotatable bonds is 4. The number of carbonyl (C=O) groups is 2. The molecule has 1 aliphatic heterocycles. The van der Waals surface area contributed by atoms with Gasteiger partial charge in [0.2, 0.25) is 0 Å². The highest BCUT2D eigenvalue weighted by molar-refractivity contribution is 7.18. The maximum absolute atomic E-state index is 12.4. The van der Waals surface area contributed by atoms with Gasteiger partial charge in [0.25, 0.3) is 5.78 Å². The molecule has 1 aromatic heterocycles. The quantitative estimate of drug-likeness (QED) is 0.633. The molecule has 3 aromatic rings. The summed E-state index contributed by atoms with van der Waals surface area (Å²) in [5.41, 5.74) is 1.94. The number of carbonyl (C=O) groups excluding carboxylic acids is 2.